The van der Waals surface area contributed by atoms with Crippen molar-refractivity contribution in [3.63, 3.8) is 0 Å². The first kappa shape index (κ1) is 22.6. The average molecular weight is 526 g/mol. The number of aromatic hydroxyl groups is 1. The number of H-pyrrole nitrogens is 1. The molecule has 0 amide bonds. The van der Waals surface area contributed by atoms with Crippen molar-refractivity contribution in [2.45, 2.75) is 6.54 Å². The van der Waals surface area contributed by atoms with Gasteiger partial charge in [-0.25, -0.2) is 9.36 Å². The minimum absolute atomic E-state index is 0.0663. The molecule has 0 saturated carbocycles. The van der Waals surface area contributed by atoms with E-state index in [1.807, 2.05) is 30.3 Å². The third-order valence-corrected chi connectivity index (χ3v) is 5.66. The molecule has 0 bridgehead atoms. The summed E-state index contributed by atoms with van der Waals surface area (Å²) in [7, 11) is 0. The Morgan fingerprint density at radius 2 is 1.67 bits per heavy atom. The highest BCUT2D eigenvalue weighted by Crippen LogP contribution is 2.24. The fourth-order valence-electron chi connectivity index (χ4n) is 3.19. The second-order valence-corrected chi connectivity index (χ2v) is 8.35. The van der Waals surface area contributed by atoms with Gasteiger partial charge in [-0.2, -0.15) is 0 Å². The summed E-state index contributed by atoms with van der Waals surface area (Å²) in [5.41, 5.74) is 0.0203. The zero-order chi connectivity index (χ0) is 23.4. The molecule has 33 heavy (non-hydrogen) atoms. The van der Waals surface area contributed by atoms with Crippen LogP contribution in [0.4, 0.5) is 5.69 Å². The van der Waals surface area contributed by atoms with Crippen LogP contribution < -0.4 is 16.6 Å². The van der Waals surface area contributed by atoms with E-state index >= 15 is 0 Å². The molecule has 0 fully saturated rings. The lowest BCUT2D eigenvalue weighted by Crippen LogP contribution is -2.35. The lowest BCUT2D eigenvalue weighted by molar-refractivity contribution is 0.429. The van der Waals surface area contributed by atoms with Crippen LogP contribution >= 0.6 is 27.5 Å². The largest absolute Gasteiger partial charge is 0.493 e. The van der Waals surface area contributed by atoms with Crippen LogP contribution in [0.3, 0.4) is 0 Å². The van der Waals surface area contributed by atoms with Crippen molar-refractivity contribution in [2.24, 2.45) is 4.99 Å². The van der Waals surface area contributed by atoms with E-state index in [9.17, 15) is 14.7 Å². The quantitative estimate of drug-likeness (QED) is 0.260. The maximum atomic E-state index is 12.8. The van der Waals surface area contributed by atoms with Crippen LogP contribution in [0.2, 0.25) is 5.02 Å². The van der Waals surface area contributed by atoms with E-state index in [0.29, 0.717) is 16.4 Å². The number of aliphatic imine (C=N–C) groups is 1. The number of nitrogens with zero attached hydrogens (tertiary/aromatic N) is 2. The fraction of sp³-hybridized carbons (Fsp3) is 0.0417. The molecule has 0 radical (unpaired) electrons. The van der Waals surface area contributed by atoms with Crippen molar-refractivity contribution in [3.8, 4) is 11.6 Å². The Morgan fingerprint density at radius 1 is 1.00 bits per heavy atom. The Morgan fingerprint density at radius 3 is 2.36 bits per heavy atom. The summed E-state index contributed by atoms with van der Waals surface area (Å²) in [6.45, 7) is 0.226. The SMILES string of the molecule is O=c1[nH]c(=O)n(-c2ccc(Br)cc2)c(O)c1C(=NCc1ccccc1)Nc1ccccc1Cl. The maximum absolute atomic E-state index is 12.8. The molecule has 166 valence electrons. The van der Waals surface area contributed by atoms with Crippen LogP contribution in [0, 0.1) is 0 Å². The normalized spacial score (nSPS) is 11.4. The summed E-state index contributed by atoms with van der Waals surface area (Å²) < 4.78 is 1.81. The van der Waals surface area contributed by atoms with E-state index in [-0.39, 0.29) is 17.9 Å². The van der Waals surface area contributed by atoms with Crippen molar-refractivity contribution in [3.05, 3.63) is 120 Å². The van der Waals surface area contributed by atoms with Crippen molar-refractivity contribution in [2.75, 3.05) is 5.32 Å². The number of aromatic nitrogens is 2. The van der Waals surface area contributed by atoms with Gasteiger partial charge in [-0.05, 0) is 42.0 Å². The maximum Gasteiger partial charge on any atom is 0.335 e. The van der Waals surface area contributed by atoms with Crippen molar-refractivity contribution in [1.29, 1.82) is 0 Å². The van der Waals surface area contributed by atoms with Gasteiger partial charge >= 0.3 is 5.69 Å². The molecule has 0 aliphatic heterocycles. The van der Waals surface area contributed by atoms with Crippen molar-refractivity contribution < 1.29 is 5.11 Å². The predicted octanol–water partition coefficient (Wildman–Crippen LogP) is 4.71. The number of halogens is 2. The van der Waals surface area contributed by atoms with Gasteiger partial charge in [-0.3, -0.25) is 14.8 Å². The van der Waals surface area contributed by atoms with Crippen LogP contribution in [0.15, 0.2) is 97.9 Å². The van der Waals surface area contributed by atoms with Crippen LogP contribution in [0.1, 0.15) is 11.1 Å². The first-order valence-electron chi connectivity index (χ1n) is 9.88. The molecular formula is C24H18BrClN4O3. The predicted molar refractivity (Wildman–Crippen MR) is 134 cm³/mol. The lowest BCUT2D eigenvalue weighted by atomic mass is 10.2. The molecule has 4 aromatic rings. The molecule has 1 heterocycles. The molecule has 3 N–H and O–H groups in total. The standard InChI is InChI=1S/C24H18BrClN4O3/c25-16-10-12-17(13-11-16)30-23(32)20(22(31)29-24(30)33)21(27-14-15-6-2-1-3-7-15)28-19-9-5-4-8-18(19)26/h1-13,32H,14H2,(H,27,28)(H,29,31,33). The van der Waals surface area contributed by atoms with E-state index in [2.05, 4.69) is 31.2 Å². The molecule has 0 saturated heterocycles. The van der Waals surface area contributed by atoms with Crippen LogP contribution in [0.25, 0.3) is 5.69 Å². The van der Waals surface area contributed by atoms with E-state index in [4.69, 9.17) is 11.6 Å². The van der Waals surface area contributed by atoms with Gasteiger partial charge in [0.05, 0.1) is 22.9 Å². The minimum atomic E-state index is -0.780. The lowest BCUT2D eigenvalue weighted by Gasteiger charge is -2.15. The second kappa shape index (κ2) is 9.89. The Balaban J connectivity index is 1.88. The summed E-state index contributed by atoms with van der Waals surface area (Å²) in [5.74, 6) is -0.478. The zero-order valence-corrected chi connectivity index (χ0v) is 19.5. The Hall–Kier alpha value is -3.62. The molecule has 1 aromatic heterocycles. The number of hydrogen-bond acceptors (Lipinski definition) is 4. The van der Waals surface area contributed by atoms with Gasteiger partial charge in [0.2, 0.25) is 5.88 Å². The van der Waals surface area contributed by atoms with E-state index < -0.39 is 17.1 Å². The highest BCUT2D eigenvalue weighted by molar-refractivity contribution is 9.10. The monoisotopic (exact) mass is 524 g/mol. The van der Waals surface area contributed by atoms with Crippen molar-refractivity contribution >= 4 is 39.1 Å². The van der Waals surface area contributed by atoms with E-state index in [1.54, 1.807) is 48.5 Å². The molecule has 4 rings (SSSR count). The number of hydrogen-bond donors (Lipinski definition) is 3. The van der Waals surface area contributed by atoms with Crippen LogP contribution in [0.5, 0.6) is 5.88 Å². The Kier molecular flexibility index (Phi) is 6.76. The smallest absolute Gasteiger partial charge is 0.335 e. The first-order valence-corrected chi connectivity index (χ1v) is 11.1. The van der Waals surface area contributed by atoms with Crippen LogP contribution in [-0.4, -0.2) is 20.5 Å². The third kappa shape index (κ3) is 5.08. The second-order valence-electron chi connectivity index (χ2n) is 7.02. The van der Waals surface area contributed by atoms with E-state index in [1.165, 1.54) is 0 Å². The molecule has 3 aromatic carbocycles. The Labute approximate surface area is 202 Å². The molecule has 0 aliphatic carbocycles. The summed E-state index contributed by atoms with van der Waals surface area (Å²) >= 11 is 9.64. The molecule has 0 unspecified atom stereocenters. The number of aromatic amines is 1. The molecule has 0 spiro atoms. The number of benzene rings is 3. The number of amidine groups is 1. The first-order chi connectivity index (χ1) is 15.9. The van der Waals surface area contributed by atoms with Crippen LogP contribution in [-0.2, 0) is 6.54 Å². The highest BCUT2D eigenvalue weighted by Gasteiger charge is 2.21. The molecule has 0 atom stereocenters. The van der Waals surface area contributed by atoms with E-state index in [0.717, 1.165) is 14.6 Å². The molecule has 9 heteroatoms. The summed E-state index contributed by atoms with van der Waals surface area (Å²) in [6, 6.07) is 23.1. The molecule has 7 nitrogen and oxygen atoms in total. The number of anilines is 1. The van der Waals surface area contributed by atoms with Gasteiger partial charge in [0, 0.05) is 4.47 Å². The zero-order valence-electron chi connectivity index (χ0n) is 17.1. The van der Waals surface area contributed by atoms with Gasteiger partial charge in [0.15, 0.2) is 0 Å². The van der Waals surface area contributed by atoms with Gasteiger partial charge in [0.1, 0.15) is 11.4 Å². The molecule has 0 aliphatic rings. The fourth-order valence-corrected chi connectivity index (χ4v) is 3.64. The number of nitrogens with one attached hydrogen (secondary N) is 2. The summed E-state index contributed by atoms with van der Waals surface area (Å²) in [5, 5.41) is 14.5. The minimum Gasteiger partial charge on any atom is -0.493 e. The topological polar surface area (TPSA) is 99.5 Å². The summed E-state index contributed by atoms with van der Waals surface area (Å²) in [4.78, 5) is 32.2. The van der Waals surface area contributed by atoms with Gasteiger partial charge < -0.3 is 10.4 Å². The third-order valence-electron chi connectivity index (χ3n) is 4.80. The van der Waals surface area contributed by atoms with Gasteiger partial charge in [-0.15, -0.1) is 0 Å². The van der Waals surface area contributed by atoms with Gasteiger partial charge in [-0.1, -0.05) is 70.0 Å². The summed E-state index contributed by atoms with van der Waals surface area (Å²) in [6.07, 6.45) is 0. The number of para-hydroxylation sites is 1. The highest BCUT2D eigenvalue weighted by atomic mass is 79.9. The number of rotatable bonds is 5. The van der Waals surface area contributed by atoms with Crippen molar-refractivity contribution in [1.82, 2.24) is 9.55 Å². The Bertz CT molecular complexity index is 1430. The molecular weight excluding hydrogens is 508 g/mol. The van der Waals surface area contributed by atoms with Gasteiger partial charge in [0.25, 0.3) is 5.56 Å². The average Bonchev–Trinajstić information content (AvgIpc) is 2.80.